The second kappa shape index (κ2) is 10.2. The molecule has 0 aliphatic carbocycles. The molecule has 0 N–H and O–H groups in total. The average molecular weight is 383 g/mol. The van der Waals surface area contributed by atoms with Gasteiger partial charge in [0.15, 0.2) is 0 Å². The number of nitrogens with zero attached hydrogens (tertiary/aromatic N) is 4. The molecule has 0 fully saturated rings. The van der Waals surface area contributed by atoms with E-state index < -0.39 is 21.5 Å². The summed E-state index contributed by atoms with van der Waals surface area (Å²) in [5, 5.41) is 32.7. The molecule has 0 aliphatic heterocycles. The van der Waals surface area contributed by atoms with Gasteiger partial charge in [0.25, 0.3) is 0 Å². The van der Waals surface area contributed by atoms with Crippen molar-refractivity contribution >= 4 is 0 Å². The maximum Gasteiger partial charge on any atom is 1.00 e. The van der Waals surface area contributed by atoms with Crippen LogP contribution in [-0.2, 0) is 21.5 Å². The zero-order chi connectivity index (χ0) is 7.33. The fraction of sp³-hybridized carbons (Fsp3) is 0. The van der Waals surface area contributed by atoms with Crippen LogP contribution in [0.15, 0.2) is 0 Å². The van der Waals surface area contributed by atoms with Crippen LogP contribution in [0.1, 0.15) is 0 Å². The number of hydrogen-bond acceptors (Lipinski definition) is 4. The zero-order valence-electron chi connectivity index (χ0n) is 6.50. The number of nitriles is 4. The predicted octanol–water partition coefficient (Wildman–Crippen LogP) is -5.93. The fourth-order valence-electron chi connectivity index (χ4n) is 0.212. The van der Waals surface area contributed by atoms with Crippen molar-refractivity contribution in [1.29, 1.82) is 21.0 Å². The predicted molar refractivity (Wildman–Crippen MR) is 22.5 cm³/mol. The summed E-state index contributed by atoms with van der Waals surface area (Å²) in [5.74, 6) is 0. The first-order valence-corrected chi connectivity index (χ1v) is 13.3. The second-order valence-corrected chi connectivity index (χ2v) is 14.9. The van der Waals surface area contributed by atoms with Gasteiger partial charge in [-0.2, -0.15) is 0 Å². The number of hydrogen-bond donors (Lipinski definition) is 0. The minimum absolute atomic E-state index is 0. The summed E-state index contributed by atoms with van der Waals surface area (Å²) in [4.78, 5) is 0. The maximum absolute atomic E-state index is 8.16. The molecule has 0 rings (SSSR count). The van der Waals surface area contributed by atoms with Gasteiger partial charge in [0.05, 0.1) is 0 Å². The molecule has 0 bridgehead atoms. The molecule has 0 aliphatic rings. The maximum atomic E-state index is 8.16. The van der Waals surface area contributed by atoms with Gasteiger partial charge in [-0.15, -0.1) is 0 Å². The molecule has 0 atom stereocenters. The van der Waals surface area contributed by atoms with E-state index in [1.165, 1.54) is 14.3 Å². The smallest absolute Gasteiger partial charge is 1.00 e. The van der Waals surface area contributed by atoms with E-state index >= 15 is 0 Å². The van der Waals surface area contributed by atoms with Gasteiger partial charge in [-0.1, -0.05) is 0 Å². The minimum atomic E-state index is -4.42. The van der Waals surface area contributed by atoms with E-state index in [9.17, 15) is 0 Å². The third kappa shape index (κ3) is 6.27. The second-order valence-electron chi connectivity index (χ2n) is 1.69. The van der Waals surface area contributed by atoms with Gasteiger partial charge in [0.1, 0.15) is 0 Å². The molecule has 0 saturated carbocycles. The van der Waals surface area contributed by atoms with Crippen molar-refractivity contribution in [2.45, 2.75) is 0 Å². The van der Waals surface area contributed by atoms with Crippen LogP contribution >= 0.6 is 0 Å². The van der Waals surface area contributed by atoms with Crippen molar-refractivity contribution in [2.24, 2.45) is 0 Å². The summed E-state index contributed by atoms with van der Waals surface area (Å²) in [7, 11) is 0. The molecule has 11 heavy (non-hydrogen) atoms. The summed E-state index contributed by atoms with van der Waals surface area (Å²) < 4.78 is 6.07. The molecule has 0 spiro atoms. The van der Waals surface area contributed by atoms with Crippen LogP contribution < -0.4 is 103 Å². The summed E-state index contributed by atoms with van der Waals surface area (Å²) >= 11 is -4.42. The monoisotopic (exact) mass is 384 g/mol. The van der Waals surface area contributed by atoms with Crippen molar-refractivity contribution in [3.05, 3.63) is 0 Å². The number of rotatable bonds is 0. The summed E-state index contributed by atoms with van der Waals surface area (Å²) in [6, 6.07) is 0. The molecule has 0 aromatic heterocycles. The van der Waals surface area contributed by atoms with Gasteiger partial charge in [0, 0.05) is 0 Å². The van der Waals surface area contributed by atoms with Gasteiger partial charge < -0.3 is 0 Å². The average Bonchev–Trinajstić information content (AvgIpc) is 1.95. The van der Waals surface area contributed by atoms with Gasteiger partial charge >= 0.3 is 160 Å². The van der Waals surface area contributed by atoms with Crippen LogP contribution in [0.4, 0.5) is 0 Å². The Bertz CT molecular complexity index is 213. The van der Waals surface area contributed by atoms with Crippen LogP contribution in [-0.4, -0.2) is 0 Å². The van der Waals surface area contributed by atoms with Crippen molar-refractivity contribution in [1.82, 2.24) is 0 Å². The van der Waals surface area contributed by atoms with E-state index in [0.29, 0.717) is 0 Å². The molecule has 0 radical (unpaired) electrons. The molecule has 0 saturated heterocycles. The van der Waals surface area contributed by atoms with Crippen molar-refractivity contribution in [3.8, 4) is 14.3 Å². The SMILES string of the molecule is N#[C][Hg-2]([C]#N)([C]#N)[C]#N.[K+].[K+]. The Morgan fingerprint density at radius 1 is 0.636 bits per heavy atom. The van der Waals surface area contributed by atoms with Crippen LogP contribution in [0, 0.1) is 35.4 Å². The molecular formula is C4HgK2N4. The summed E-state index contributed by atoms with van der Waals surface area (Å²) in [6.45, 7) is 0. The third-order valence-corrected chi connectivity index (χ3v) is 8.32. The van der Waals surface area contributed by atoms with Crippen molar-refractivity contribution < 1.29 is 124 Å². The van der Waals surface area contributed by atoms with Gasteiger partial charge in [-0.3, -0.25) is 0 Å². The molecule has 4 nitrogen and oxygen atoms in total. The molecule has 0 heterocycles. The van der Waals surface area contributed by atoms with Crippen LogP contribution in [0.3, 0.4) is 0 Å². The van der Waals surface area contributed by atoms with Crippen molar-refractivity contribution in [3.63, 3.8) is 0 Å². The molecule has 40 valence electrons. The topological polar surface area (TPSA) is 95.2 Å². The standard InChI is InChI=1S/4CN.Hg.2K/c4*1-2;;;/q;;;;-2;2*+1. The molecular weight excluding hydrogens is 383 g/mol. The molecule has 0 unspecified atom stereocenters. The van der Waals surface area contributed by atoms with Crippen LogP contribution in [0.25, 0.3) is 0 Å². The van der Waals surface area contributed by atoms with E-state index in [4.69, 9.17) is 21.0 Å². The normalized spacial score (nSPS) is 6.18. The Hall–Kier alpha value is 2.17. The van der Waals surface area contributed by atoms with E-state index in [1.807, 2.05) is 0 Å². The quantitative estimate of drug-likeness (QED) is 0.390. The van der Waals surface area contributed by atoms with Crippen LogP contribution in [0.5, 0.6) is 0 Å². The van der Waals surface area contributed by atoms with E-state index in [-0.39, 0.29) is 103 Å². The summed E-state index contributed by atoms with van der Waals surface area (Å²) in [6.07, 6.45) is 0. The molecule has 0 aromatic rings. The van der Waals surface area contributed by atoms with Crippen LogP contribution in [0.2, 0.25) is 0 Å². The van der Waals surface area contributed by atoms with Gasteiger partial charge in [-0.05, 0) is 0 Å². The largest absolute Gasteiger partial charge is 1.00 e. The van der Waals surface area contributed by atoms with Gasteiger partial charge in [0.2, 0.25) is 0 Å². The first-order valence-electron chi connectivity index (χ1n) is 2.31. The third-order valence-electron chi connectivity index (χ3n) is 0.949. The first kappa shape index (κ1) is 18.9. The molecule has 7 heteroatoms. The Morgan fingerprint density at radius 3 is 0.818 bits per heavy atom. The Balaban J connectivity index is -0.000000320. The van der Waals surface area contributed by atoms with E-state index in [0.717, 1.165) is 0 Å². The zero-order valence-corrected chi connectivity index (χ0v) is 18.2. The minimum Gasteiger partial charge on any atom is 1.00 e. The Morgan fingerprint density at radius 2 is 0.818 bits per heavy atom. The molecule has 0 amide bonds. The Labute approximate surface area is 155 Å². The van der Waals surface area contributed by atoms with Gasteiger partial charge in [-0.25, -0.2) is 0 Å². The fourth-order valence-corrected chi connectivity index (χ4v) is 1.86. The first-order chi connectivity index (χ1) is 4.24. The Kier molecular flexibility index (Phi) is 17.6. The summed E-state index contributed by atoms with van der Waals surface area (Å²) in [5.41, 5.74) is 0. The van der Waals surface area contributed by atoms with E-state index in [2.05, 4.69) is 0 Å². The molecule has 0 aromatic carbocycles. The van der Waals surface area contributed by atoms with Crippen molar-refractivity contribution in [2.75, 3.05) is 0 Å². The van der Waals surface area contributed by atoms with E-state index in [1.54, 1.807) is 0 Å².